The molecule has 0 saturated carbocycles. The summed E-state index contributed by atoms with van der Waals surface area (Å²) in [7, 11) is 0. The summed E-state index contributed by atoms with van der Waals surface area (Å²) in [6.07, 6.45) is 5.00. The summed E-state index contributed by atoms with van der Waals surface area (Å²) in [5.41, 5.74) is 13.4. The van der Waals surface area contributed by atoms with Gasteiger partial charge in [0.1, 0.15) is 17.7 Å². The topological polar surface area (TPSA) is 142 Å². The molecule has 0 bridgehead atoms. The van der Waals surface area contributed by atoms with E-state index in [0.29, 0.717) is 6.54 Å². The van der Waals surface area contributed by atoms with Crippen LogP contribution in [-0.4, -0.2) is 39.7 Å². The van der Waals surface area contributed by atoms with Crippen LogP contribution in [0, 0.1) is 0 Å². The van der Waals surface area contributed by atoms with Crippen molar-refractivity contribution in [3.8, 4) is 11.5 Å². The van der Waals surface area contributed by atoms with Gasteiger partial charge in [-0.1, -0.05) is 39.0 Å². The van der Waals surface area contributed by atoms with E-state index in [1.54, 1.807) is 0 Å². The standard InChI is InChI=1S/C17H28N4O4/c1-2-3-4-5-6-7-10-20-21(17(25)15(18)19)16(24)13-9-8-12(22)11-14(13)23/h8-9,11,15,20,22-23H,2-7,10,18-19H2,1H3. The van der Waals surface area contributed by atoms with E-state index in [9.17, 15) is 19.8 Å². The first-order valence-electron chi connectivity index (χ1n) is 8.53. The van der Waals surface area contributed by atoms with E-state index >= 15 is 0 Å². The molecular formula is C17H28N4O4. The fraction of sp³-hybridized carbons (Fsp3) is 0.529. The van der Waals surface area contributed by atoms with Crippen molar-refractivity contribution in [1.82, 2.24) is 10.4 Å². The summed E-state index contributed by atoms with van der Waals surface area (Å²) in [6.45, 7) is 2.54. The molecule has 0 spiro atoms. The Morgan fingerprint density at radius 2 is 1.76 bits per heavy atom. The van der Waals surface area contributed by atoms with E-state index in [1.807, 2.05) is 0 Å². The first-order valence-corrected chi connectivity index (χ1v) is 8.53. The summed E-state index contributed by atoms with van der Waals surface area (Å²) in [6, 6.07) is 3.49. The number of aromatic hydroxyl groups is 2. The van der Waals surface area contributed by atoms with E-state index in [-0.39, 0.29) is 11.3 Å². The zero-order chi connectivity index (χ0) is 18.8. The van der Waals surface area contributed by atoms with E-state index in [4.69, 9.17) is 11.5 Å². The third-order valence-corrected chi connectivity index (χ3v) is 3.72. The lowest BCUT2D eigenvalue weighted by atomic mass is 10.1. The van der Waals surface area contributed by atoms with Gasteiger partial charge in [-0.05, 0) is 18.6 Å². The Morgan fingerprint density at radius 3 is 2.36 bits per heavy atom. The molecule has 0 aliphatic carbocycles. The maximum atomic E-state index is 12.5. The Labute approximate surface area is 147 Å². The number of imide groups is 1. The first-order chi connectivity index (χ1) is 11.9. The van der Waals surface area contributed by atoms with Gasteiger partial charge in [0.15, 0.2) is 0 Å². The number of nitrogens with one attached hydrogen (secondary N) is 1. The van der Waals surface area contributed by atoms with Crippen LogP contribution in [0.4, 0.5) is 0 Å². The maximum Gasteiger partial charge on any atom is 0.278 e. The first kappa shape index (κ1) is 20.9. The summed E-state index contributed by atoms with van der Waals surface area (Å²) in [5, 5.41) is 19.8. The number of phenolic OH excluding ortho intramolecular Hbond substituents is 2. The fourth-order valence-corrected chi connectivity index (χ4v) is 2.32. The van der Waals surface area contributed by atoms with Crippen LogP contribution in [0.2, 0.25) is 0 Å². The maximum absolute atomic E-state index is 12.5. The molecule has 1 rings (SSSR count). The second-order valence-corrected chi connectivity index (χ2v) is 5.88. The van der Waals surface area contributed by atoms with Crippen molar-refractivity contribution in [2.24, 2.45) is 11.5 Å². The third kappa shape index (κ3) is 6.69. The average Bonchev–Trinajstić information content (AvgIpc) is 2.56. The average molecular weight is 352 g/mol. The van der Waals surface area contributed by atoms with Crippen LogP contribution in [0.1, 0.15) is 55.8 Å². The number of amides is 2. The zero-order valence-corrected chi connectivity index (χ0v) is 14.6. The van der Waals surface area contributed by atoms with Gasteiger partial charge in [-0.25, -0.2) is 10.4 Å². The third-order valence-electron chi connectivity index (χ3n) is 3.72. The molecule has 0 fully saturated rings. The van der Waals surface area contributed by atoms with Gasteiger partial charge in [-0.3, -0.25) is 9.59 Å². The second kappa shape index (κ2) is 10.7. The minimum atomic E-state index is -1.36. The number of phenols is 2. The molecule has 0 heterocycles. The van der Waals surface area contributed by atoms with Crippen LogP contribution in [0.15, 0.2) is 18.2 Å². The SMILES string of the molecule is CCCCCCCCNN(C(=O)c1ccc(O)cc1O)C(=O)C(N)N. The Bertz CT molecular complexity index is 578. The van der Waals surface area contributed by atoms with E-state index < -0.39 is 23.7 Å². The molecule has 0 radical (unpaired) electrons. The Hall–Kier alpha value is -2.16. The summed E-state index contributed by atoms with van der Waals surface area (Å²) >= 11 is 0. The van der Waals surface area contributed by atoms with Crippen LogP contribution in [-0.2, 0) is 4.79 Å². The van der Waals surface area contributed by atoms with Crippen LogP contribution in [0.5, 0.6) is 11.5 Å². The lowest BCUT2D eigenvalue weighted by Crippen LogP contribution is -2.56. The predicted molar refractivity (Wildman–Crippen MR) is 94.5 cm³/mol. The molecular weight excluding hydrogens is 324 g/mol. The van der Waals surface area contributed by atoms with Crippen molar-refractivity contribution in [2.75, 3.05) is 6.54 Å². The van der Waals surface area contributed by atoms with Crippen molar-refractivity contribution in [2.45, 2.75) is 51.6 Å². The van der Waals surface area contributed by atoms with Crippen molar-refractivity contribution in [3.63, 3.8) is 0 Å². The minimum Gasteiger partial charge on any atom is -0.508 e. The quantitative estimate of drug-likeness (QED) is 0.242. The molecule has 0 atom stereocenters. The molecule has 2 amide bonds. The Morgan fingerprint density at radius 1 is 1.12 bits per heavy atom. The Balaban J connectivity index is 2.70. The summed E-state index contributed by atoms with van der Waals surface area (Å²) in [5.74, 6) is -2.21. The number of unbranched alkanes of at least 4 members (excludes halogenated alkanes) is 5. The number of carbonyl (C=O) groups excluding carboxylic acids is 2. The van der Waals surface area contributed by atoms with Gasteiger partial charge in [-0.15, -0.1) is 0 Å². The molecule has 8 nitrogen and oxygen atoms in total. The van der Waals surface area contributed by atoms with Gasteiger partial charge in [-0.2, -0.15) is 0 Å². The highest BCUT2D eigenvalue weighted by Gasteiger charge is 2.27. The molecule has 25 heavy (non-hydrogen) atoms. The normalized spacial score (nSPS) is 10.9. The number of hydrogen-bond acceptors (Lipinski definition) is 7. The smallest absolute Gasteiger partial charge is 0.278 e. The zero-order valence-electron chi connectivity index (χ0n) is 14.6. The predicted octanol–water partition coefficient (Wildman–Crippen LogP) is 1.18. The molecule has 0 aliphatic heterocycles. The van der Waals surface area contributed by atoms with Crippen LogP contribution in [0.3, 0.4) is 0 Å². The number of hydrogen-bond donors (Lipinski definition) is 5. The lowest BCUT2D eigenvalue weighted by molar-refractivity contribution is -0.132. The van der Waals surface area contributed by atoms with Gasteiger partial charge in [0.25, 0.3) is 11.8 Å². The highest BCUT2D eigenvalue weighted by molar-refractivity contribution is 6.06. The molecule has 1 aromatic carbocycles. The molecule has 0 saturated heterocycles. The summed E-state index contributed by atoms with van der Waals surface area (Å²) < 4.78 is 0. The van der Waals surface area contributed by atoms with E-state index in [0.717, 1.165) is 36.8 Å². The van der Waals surface area contributed by atoms with Crippen molar-refractivity contribution in [1.29, 1.82) is 0 Å². The highest BCUT2D eigenvalue weighted by atomic mass is 16.3. The van der Waals surface area contributed by atoms with Gasteiger partial charge in [0.05, 0.1) is 5.56 Å². The molecule has 0 aromatic heterocycles. The minimum absolute atomic E-state index is 0.137. The monoisotopic (exact) mass is 352 g/mol. The van der Waals surface area contributed by atoms with Gasteiger partial charge in [0, 0.05) is 12.6 Å². The highest BCUT2D eigenvalue weighted by Crippen LogP contribution is 2.23. The van der Waals surface area contributed by atoms with Gasteiger partial charge in [0.2, 0.25) is 0 Å². The number of rotatable bonds is 10. The number of benzene rings is 1. The summed E-state index contributed by atoms with van der Waals surface area (Å²) in [4.78, 5) is 24.6. The Kier molecular flexibility index (Phi) is 8.90. The molecule has 7 N–H and O–H groups in total. The second-order valence-electron chi connectivity index (χ2n) is 5.88. The lowest BCUT2D eigenvalue weighted by Gasteiger charge is -2.23. The number of carbonyl (C=O) groups is 2. The van der Waals surface area contributed by atoms with Gasteiger partial charge < -0.3 is 21.7 Å². The van der Waals surface area contributed by atoms with Crippen LogP contribution >= 0.6 is 0 Å². The number of nitrogens with two attached hydrogens (primary N) is 2. The van der Waals surface area contributed by atoms with E-state index in [2.05, 4.69) is 12.3 Å². The van der Waals surface area contributed by atoms with E-state index in [1.165, 1.54) is 25.0 Å². The molecule has 0 aliphatic rings. The molecule has 1 aromatic rings. The number of hydrazine groups is 1. The fourth-order valence-electron chi connectivity index (χ4n) is 2.32. The van der Waals surface area contributed by atoms with Crippen molar-refractivity contribution in [3.05, 3.63) is 23.8 Å². The van der Waals surface area contributed by atoms with Crippen LogP contribution in [0.25, 0.3) is 0 Å². The van der Waals surface area contributed by atoms with Crippen molar-refractivity contribution >= 4 is 11.8 Å². The number of nitrogens with zero attached hydrogens (tertiary/aromatic N) is 1. The molecule has 8 heteroatoms. The molecule has 0 unspecified atom stereocenters. The largest absolute Gasteiger partial charge is 0.508 e. The van der Waals surface area contributed by atoms with Gasteiger partial charge >= 0.3 is 0 Å². The molecule has 140 valence electrons. The van der Waals surface area contributed by atoms with Crippen LogP contribution < -0.4 is 16.9 Å². The van der Waals surface area contributed by atoms with Crippen molar-refractivity contribution < 1.29 is 19.8 Å².